The maximum absolute atomic E-state index is 6.21. The first-order valence-electron chi connectivity index (χ1n) is 8.98. The van der Waals surface area contributed by atoms with Crippen LogP contribution >= 0.6 is 0 Å². The number of nitrogens with two attached hydrogens (primary N) is 1. The van der Waals surface area contributed by atoms with Gasteiger partial charge >= 0.3 is 0 Å². The number of nitrogens with zero attached hydrogens (tertiary/aromatic N) is 3. The standard InChI is InChI=1S/C21H22N4O2/c1-26-13-7-12-25-18(14-27-15-8-3-2-4-9-15)24-19-20(25)16-10-5-6-11-17(16)23-21(19)22/h2-6,8-11H,7,12-14H2,1H3,(H2,22,23). The molecule has 27 heavy (non-hydrogen) atoms. The molecule has 0 aliphatic heterocycles. The molecular formula is C21H22N4O2. The van der Waals surface area contributed by atoms with Gasteiger partial charge in [-0.15, -0.1) is 0 Å². The highest BCUT2D eigenvalue weighted by Crippen LogP contribution is 2.29. The topological polar surface area (TPSA) is 75.2 Å². The Bertz CT molecular complexity index is 1060. The van der Waals surface area contributed by atoms with Crippen LogP contribution in [0.1, 0.15) is 12.2 Å². The van der Waals surface area contributed by atoms with Crippen molar-refractivity contribution < 1.29 is 9.47 Å². The van der Waals surface area contributed by atoms with Crippen LogP contribution in [0.15, 0.2) is 54.6 Å². The zero-order valence-electron chi connectivity index (χ0n) is 15.3. The molecule has 0 bridgehead atoms. The van der Waals surface area contributed by atoms with E-state index in [1.54, 1.807) is 7.11 Å². The van der Waals surface area contributed by atoms with Gasteiger partial charge in [0.25, 0.3) is 0 Å². The fourth-order valence-electron chi connectivity index (χ4n) is 3.29. The zero-order valence-corrected chi connectivity index (χ0v) is 15.3. The van der Waals surface area contributed by atoms with Gasteiger partial charge in [-0.25, -0.2) is 9.97 Å². The Hall–Kier alpha value is -3.12. The normalized spacial score (nSPS) is 11.3. The molecule has 0 spiro atoms. The molecule has 6 heteroatoms. The highest BCUT2D eigenvalue weighted by molar-refractivity contribution is 6.06. The predicted molar refractivity (Wildman–Crippen MR) is 107 cm³/mol. The van der Waals surface area contributed by atoms with E-state index in [0.29, 0.717) is 19.0 Å². The number of aryl methyl sites for hydroxylation is 1. The van der Waals surface area contributed by atoms with Crippen molar-refractivity contribution >= 4 is 27.8 Å². The van der Waals surface area contributed by atoms with E-state index >= 15 is 0 Å². The highest BCUT2D eigenvalue weighted by Gasteiger charge is 2.17. The third-order valence-corrected chi connectivity index (χ3v) is 4.53. The summed E-state index contributed by atoms with van der Waals surface area (Å²) < 4.78 is 13.4. The van der Waals surface area contributed by atoms with E-state index in [4.69, 9.17) is 20.2 Å². The van der Waals surface area contributed by atoms with E-state index in [2.05, 4.69) is 15.6 Å². The van der Waals surface area contributed by atoms with Crippen molar-refractivity contribution in [3.05, 3.63) is 60.4 Å². The molecule has 0 unspecified atom stereocenters. The molecule has 2 heterocycles. The van der Waals surface area contributed by atoms with Crippen LogP contribution in [0.25, 0.3) is 21.9 Å². The molecule has 4 rings (SSSR count). The quantitative estimate of drug-likeness (QED) is 0.506. The van der Waals surface area contributed by atoms with Crippen LogP contribution in [0.3, 0.4) is 0 Å². The summed E-state index contributed by atoms with van der Waals surface area (Å²) in [6.07, 6.45) is 0.872. The molecular weight excluding hydrogens is 340 g/mol. The number of para-hydroxylation sites is 2. The van der Waals surface area contributed by atoms with Crippen LogP contribution in [0.4, 0.5) is 5.82 Å². The maximum Gasteiger partial charge on any atom is 0.152 e. The lowest BCUT2D eigenvalue weighted by Crippen LogP contribution is -2.09. The predicted octanol–water partition coefficient (Wildman–Crippen LogP) is 3.78. The molecule has 2 aromatic carbocycles. The Balaban J connectivity index is 1.80. The number of imidazole rings is 1. The maximum atomic E-state index is 6.21. The van der Waals surface area contributed by atoms with Gasteiger partial charge in [0, 0.05) is 25.6 Å². The molecule has 0 aliphatic carbocycles. The summed E-state index contributed by atoms with van der Waals surface area (Å²) in [7, 11) is 1.71. The van der Waals surface area contributed by atoms with E-state index in [-0.39, 0.29) is 0 Å². The summed E-state index contributed by atoms with van der Waals surface area (Å²) in [6.45, 7) is 1.81. The van der Waals surface area contributed by atoms with Crippen molar-refractivity contribution in [2.24, 2.45) is 0 Å². The van der Waals surface area contributed by atoms with E-state index in [9.17, 15) is 0 Å². The summed E-state index contributed by atoms with van der Waals surface area (Å²) in [5.41, 5.74) is 8.80. The SMILES string of the molecule is COCCCn1c(COc2ccccc2)nc2c(N)nc3ccccc3c21. The van der Waals surface area contributed by atoms with E-state index in [1.165, 1.54) is 0 Å². The molecule has 2 N–H and O–H groups in total. The molecule has 2 aromatic heterocycles. The zero-order chi connectivity index (χ0) is 18.6. The molecule has 0 saturated heterocycles. The van der Waals surface area contributed by atoms with Crippen LogP contribution in [-0.2, 0) is 17.9 Å². The highest BCUT2D eigenvalue weighted by atomic mass is 16.5. The fourth-order valence-corrected chi connectivity index (χ4v) is 3.29. The lowest BCUT2D eigenvalue weighted by atomic mass is 10.2. The minimum Gasteiger partial charge on any atom is -0.486 e. The van der Waals surface area contributed by atoms with Crippen molar-refractivity contribution in [3.8, 4) is 5.75 Å². The monoisotopic (exact) mass is 362 g/mol. The number of rotatable bonds is 7. The third-order valence-electron chi connectivity index (χ3n) is 4.53. The second-order valence-electron chi connectivity index (χ2n) is 6.34. The Kier molecular flexibility index (Phi) is 4.89. The van der Waals surface area contributed by atoms with Crippen molar-refractivity contribution in [2.45, 2.75) is 19.6 Å². The van der Waals surface area contributed by atoms with Gasteiger partial charge in [0.2, 0.25) is 0 Å². The number of benzene rings is 2. The number of methoxy groups -OCH3 is 1. The number of ether oxygens (including phenoxy) is 2. The van der Waals surface area contributed by atoms with Crippen LogP contribution in [0.2, 0.25) is 0 Å². The number of aromatic nitrogens is 3. The summed E-state index contributed by atoms with van der Waals surface area (Å²) >= 11 is 0. The third kappa shape index (κ3) is 3.44. The van der Waals surface area contributed by atoms with Gasteiger partial charge in [-0.3, -0.25) is 0 Å². The molecule has 138 valence electrons. The van der Waals surface area contributed by atoms with Gasteiger partial charge in [0.15, 0.2) is 5.82 Å². The summed E-state index contributed by atoms with van der Waals surface area (Å²) in [6, 6.07) is 17.7. The average molecular weight is 362 g/mol. The molecule has 0 atom stereocenters. The summed E-state index contributed by atoms with van der Waals surface area (Å²) in [4.78, 5) is 9.28. The average Bonchev–Trinajstić information content (AvgIpc) is 3.07. The number of fused-ring (bicyclic) bond motifs is 3. The van der Waals surface area contributed by atoms with Gasteiger partial charge in [0.1, 0.15) is 23.7 Å². The van der Waals surface area contributed by atoms with Crippen LogP contribution < -0.4 is 10.5 Å². The van der Waals surface area contributed by atoms with Crippen molar-refractivity contribution in [2.75, 3.05) is 19.5 Å². The van der Waals surface area contributed by atoms with Gasteiger partial charge < -0.3 is 19.8 Å². The Labute approximate surface area is 157 Å². The van der Waals surface area contributed by atoms with Crippen LogP contribution in [-0.4, -0.2) is 28.3 Å². The fraction of sp³-hybridized carbons (Fsp3) is 0.238. The summed E-state index contributed by atoms with van der Waals surface area (Å²) in [5.74, 6) is 2.08. The lowest BCUT2D eigenvalue weighted by Gasteiger charge is -2.11. The molecule has 4 aromatic rings. The van der Waals surface area contributed by atoms with Gasteiger partial charge in [0.05, 0.1) is 11.0 Å². The first kappa shape index (κ1) is 17.3. The first-order chi connectivity index (χ1) is 13.3. The number of hydrogen-bond acceptors (Lipinski definition) is 5. The van der Waals surface area contributed by atoms with Gasteiger partial charge in [-0.05, 0) is 24.6 Å². The minimum absolute atomic E-state index is 0.361. The number of hydrogen-bond donors (Lipinski definition) is 1. The Morgan fingerprint density at radius 1 is 1.00 bits per heavy atom. The molecule has 6 nitrogen and oxygen atoms in total. The molecule has 0 fully saturated rings. The Morgan fingerprint density at radius 2 is 1.78 bits per heavy atom. The smallest absolute Gasteiger partial charge is 0.152 e. The van der Waals surface area contributed by atoms with Gasteiger partial charge in [-0.1, -0.05) is 36.4 Å². The lowest BCUT2D eigenvalue weighted by molar-refractivity contribution is 0.189. The second-order valence-corrected chi connectivity index (χ2v) is 6.34. The number of pyridine rings is 1. The second kappa shape index (κ2) is 7.63. The number of nitrogen functional groups attached to an aromatic ring is 1. The van der Waals surface area contributed by atoms with Gasteiger partial charge in [-0.2, -0.15) is 0 Å². The van der Waals surface area contributed by atoms with Crippen LogP contribution in [0.5, 0.6) is 5.75 Å². The van der Waals surface area contributed by atoms with Crippen molar-refractivity contribution in [1.29, 1.82) is 0 Å². The van der Waals surface area contributed by atoms with Crippen molar-refractivity contribution in [1.82, 2.24) is 14.5 Å². The largest absolute Gasteiger partial charge is 0.486 e. The molecule has 0 aliphatic rings. The first-order valence-corrected chi connectivity index (χ1v) is 8.98. The Morgan fingerprint density at radius 3 is 2.59 bits per heavy atom. The number of anilines is 1. The van der Waals surface area contributed by atoms with Crippen LogP contribution in [0, 0.1) is 0 Å². The molecule has 0 saturated carbocycles. The van der Waals surface area contributed by atoms with E-state index < -0.39 is 0 Å². The van der Waals surface area contributed by atoms with Crippen molar-refractivity contribution in [3.63, 3.8) is 0 Å². The minimum atomic E-state index is 0.361. The van der Waals surface area contributed by atoms with E-state index in [1.807, 2.05) is 48.5 Å². The van der Waals surface area contributed by atoms with E-state index in [0.717, 1.165) is 46.5 Å². The summed E-state index contributed by atoms with van der Waals surface area (Å²) in [5, 5.41) is 1.04. The molecule has 0 amide bonds. The molecule has 0 radical (unpaired) electrons.